The highest BCUT2D eigenvalue weighted by atomic mass is 16.2. The van der Waals surface area contributed by atoms with Crippen molar-refractivity contribution in [3.8, 4) is 0 Å². The molecule has 0 bridgehead atoms. The van der Waals surface area contributed by atoms with Gasteiger partial charge in [-0.25, -0.2) is 0 Å². The van der Waals surface area contributed by atoms with Crippen LogP contribution < -0.4 is 21.7 Å². The van der Waals surface area contributed by atoms with Crippen LogP contribution >= 0.6 is 0 Å². The number of carbonyl (C=O) groups excluding carboxylic acids is 3. The Labute approximate surface area is 99.5 Å². The summed E-state index contributed by atoms with van der Waals surface area (Å²) in [5.74, 6) is -0.767. The van der Waals surface area contributed by atoms with E-state index in [9.17, 15) is 14.4 Å². The van der Waals surface area contributed by atoms with E-state index < -0.39 is 0 Å². The van der Waals surface area contributed by atoms with Crippen molar-refractivity contribution in [2.75, 3.05) is 19.6 Å². The van der Waals surface area contributed by atoms with Gasteiger partial charge >= 0.3 is 0 Å². The summed E-state index contributed by atoms with van der Waals surface area (Å²) in [5.41, 5.74) is 5.05. The fourth-order valence-electron chi connectivity index (χ4n) is 1.16. The van der Waals surface area contributed by atoms with Crippen molar-refractivity contribution < 1.29 is 14.4 Å². The Bertz CT molecular complexity index is 302. The summed E-state index contributed by atoms with van der Waals surface area (Å²) in [5, 5.41) is 7.68. The minimum atomic E-state index is -0.383. The number of nitrogens with two attached hydrogens (primary N) is 1. The summed E-state index contributed by atoms with van der Waals surface area (Å²) < 4.78 is 0. The summed E-state index contributed by atoms with van der Waals surface area (Å²) in [4.78, 5) is 33.2. The standard InChI is InChI=1S/C10H18N4O3/c11-5-9(16)13-6-10(17)12-4-3-8(15)14-7-1-2-7/h7H,1-6,11H2,(H,12,17)(H,13,16)(H,14,15). The normalized spacial score (nSPS) is 13.9. The number of carbonyl (C=O) groups is 3. The third-order valence-electron chi connectivity index (χ3n) is 2.25. The van der Waals surface area contributed by atoms with Gasteiger partial charge in [-0.1, -0.05) is 0 Å². The smallest absolute Gasteiger partial charge is 0.239 e. The summed E-state index contributed by atoms with van der Waals surface area (Å²) >= 11 is 0. The SMILES string of the molecule is NCC(=O)NCC(=O)NCCC(=O)NC1CC1. The van der Waals surface area contributed by atoms with Crippen molar-refractivity contribution in [1.82, 2.24) is 16.0 Å². The molecule has 17 heavy (non-hydrogen) atoms. The van der Waals surface area contributed by atoms with Gasteiger partial charge in [0.2, 0.25) is 17.7 Å². The molecule has 0 aromatic heterocycles. The van der Waals surface area contributed by atoms with Gasteiger partial charge in [-0.3, -0.25) is 14.4 Å². The van der Waals surface area contributed by atoms with Gasteiger partial charge in [0.15, 0.2) is 0 Å². The molecule has 0 radical (unpaired) electrons. The Balaban J connectivity index is 1.98. The van der Waals surface area contributed by atoms with Crippen LogP contribution in [0.5, 0.6) is 0 Å². The fourth-order valence-corrected chi connectivity index (χ4v) is 1.16. The topological polar surface area (TPSA) is 113 Å². The molecule has 1 fully saturated rings. The number of rotatable bonds is 7. The molecule has 0 saturated heterocycles. The highest BCUT2D eigenvalue weighted by Crippen LogP contribution is 2.18. The van der Waals surface area contributed by atoms with E-state index in [1.165, 1.54) is 0 Å². The van der Waals surface area contributed by atoms with E-state index >= 15 is 0 Å². The van der Waals surface area contributed by atoms with Crippen LogP contribution in [0.25, 0.3) is 0 Å². The van der Waals surface area contributed by atoms with E-state index in [0.29, 0.717) is 6.04 Å². The lowest BCUT2D eigenvalue weighted by atomic mass is 10.4. The predicted molar refractivity (Wildman–Crippen MR) is 60.9 cm³/mol. The lowest BCUT2D eigenvalue weighted by Crippen LogP contribution is -2.40. The second-order valence-electron chi connectivity index (χ2n) is 3.92. The molecular formula is C10H18N4O3. The van der Waals surface area contributed by atoms with E-state index in [1.54, 1.807) is 0 Å². The fraction of sp³-hybridized carbons (Fsp3) is 0.700. The molecule has 0 aliphatic heterocycles. The molecule has 0 heterocycles. The first kappa shape index (κ1) is 13.4. The lowest BCUT2D eigenvalue weighted by molar-refractivity contribution is -0.125. The Hall–Kier alpha value is -1.63. The first-order chi connectivity index (χ1) is 8.11. The van der Waals surface area contributed by atoms with E-state index in [1.807, 2.05) is 0 Å². The maximum absolute atomic E-state index is 11.2. The second-order valence-corrected chi connectivity index (χ2v) is 3.92. The van der Waals surface area contributed by atoms with Gasteiger partial charge in [-0.05, 0) is 12.8 Å². The van der Waals surface area contributed by atoms with Crippen LogP contribution in [-0.2, 0) is 14.4 Å². The molecule has 0 atom stereocenters. The molecule has 0 unspecified atom stereocenters. The van der Waals surface area contributed by atoms with Crippen LogP contribution in [0.2, 0.25) is 0 Å². The van der Waals surface area contributed by atoms with Crippen molar-refractivity contribution in [2.45, 2.75) is 25.3 Å². The van der Waals surface area contributed by atoms with E-state index in [2.05, 4.69) is 16.0 Å². The molecule has 7 heteroatoms. The molecule has 1 rings (SSSR count). The molecule has 1 aliphatic rings. The maximum atomic E-state index is 11.2. The van der Waals surface area contributed by atoms with Crippen molar-refractivity contribution in [1.29, 1.82) is 0 Å². The molecular weight excluding hydrogens is 224 g/mol. The van der Waals surface area contributed by atoms with Gasteiger partial charge in [0.05, 0.1) is 13.1 Å². The van der Waals surface area contributed by atoms with Crippen LogP contribution in [0.1, 0.15) is 19.3 Å². The van der Waals surface area contributed by atoms with E-state index in [0.717, 1.165) is 12.8 Å². The molecule has 96 valence electrons. The van der Waals surface area contributed by atoms with E-state index in [-0.39, 0.29) is 43.8 Å². The summed E-state index contributed by atoms with van der Waals surface area (Å²) in [6.45, 7) is 0.0211. The second kappa shape index (κ2) is 6.85. The Kier molecular flexibility index (Phi) is 5.41. The molecule has 1 saturated carbocycles. The molecule has 0 aromatic rings. The average Bonchev–Trinajstić information content (AvgIpc) is 3.09. The van der Waals surface area contributed by atoms with Gasteiger partial charge in [-0.2, -0.15) is 0 Å². The van der Waals surface area contributed by atoms with Gasteiger partial charge in [0.1, 0.15) is 0 Å². The highest BCUT2D eigenvalue weighted by molar-refractivity contribution is 5.85. The summed E-state index contributed by atoms with van der Waals surface area (Å²) in [7, 11) is 0. The number of nitrogens with one attached hydrogen (secondary N) is 3. The quantitative estimate of drug-likeness (QED) is 0.407. The zero-order chi connectivity index (χ0) is 12.7. The predicted octanol–water partition coefficient (Wildman–Crippen LogP) is -2.15. The van der Waals surface area contributed by atoms with Crippen molar-refractivity contribution in [3.63, 3.8) is 0 Å². The number of hydrogen-bond donors (Lipinski definition) is 4. The van der Waals surface area contributed by atoms with Crippen molar-refractivity contribution >= 4 is 17.7 Å². The first-order valence-electron chi connectivity index (χ1n) is 5.64. The van der Waals surface area contributed by atoms with Gasteiger partial charge in [0, 0.05) is 19.0 Å². The number of amides is 3. The monoisotopic (exact) mass is 242 g/mol. The Morgan fingerprint density at radius 1 is 1.06 bits per heavy atom. The average molecular weight is 242 g/mol. The van der Waals surface area contributed by atoms with Gasteiger partial charge < -0.3 is 21.7 Å². The van der Waals surface area contributed by atoms with Crippen LogP contribution in [0.4, 0.5) is 0 Å². The Morgan fingerprint density at radius 2 is 1.76 bits per heavy atom. The highest BCUT2D eigenvalue weighted by Gasteiger charge is 2.22. The van der Waals surface area contributed by atoms with E-state index in [4.69, 9.17) is 5.73 Å². The van der Waals surface area contributed by atoms with Gasteiger partial charge in [0.25, 0.3) is 0 Å². The molecule has 0 spiro atoms. The third kappa shape index (κ3) is 6.52. The summed E-state index contributed by atoms with van der Waals surface area (Å²) in [6.07, 6.45) is 2.35. The molecule has 5 N–H and O–H groups in total. The third-order valence-corrected chi connectivity index (χ3v) is 2.25. The zero-order valence-electron chi connectivity index (χ0n) is 9.62. The molecule has 1 aliphatic carbocycles. The van der Waals surface area contributed by atoms with Crippen LogP contribution in [-0.4, -0.2) is 43.4 Å². The van der Waals surface area contributed by atoms with Crippen LogP contribution in [0.3, 0.4) is 0 Å². The minimum Gasteiger partial charge on any atom is -0.354 e. The summed E-state index contributed by atoms with van der Waals surface area (Å²) in [6, 6.07) is 0.335. The molecule has 3 amide bonds. The zero-order valence-corrected chi connectivity index (χ0v) is 9.62. The first-order valence-corrected chi connectivity index (χ1v) is 5.64. The van der Waals surface area contributed by atoms with Crippen molar-refractivity contribution in [2.24, 2.45) is 5.73 Å². The molecule has 0 aromatic carbocycles. The van der Waals surface area contributed by atoms with Crippen molar-refractivity contribution in [3.05, 3.63) is 0 Å². The van der Waals surface area contributed by atoms with Gasteiger partial charge in [-0.15, -0.1) is 0 Å². The van der Waals surface area contributed by atoms with Crippen LogP contribution in [0, 0.1) is 0 Å². The maximum Gasteiger partial charge on any atom is 0.239 e. The number of hydrogen-bond acceptors (Lipinski definition) is 4. The Morgan fingerprint density at radius 3 is 2.35 bits per heavy atom. The lowest BCUT2D eigenvalue weighted by Gasteiger charge is -2.06. The molecule has 7 nitrogen and oxygen atoms in total. The largest absolute Gasteiger partial charge is 0.354 e. The van der Waals surface area contributed by atoms with Crippen LogP contribution in [0.15, 0.2) is 0 Å². The minimum absolute atomic E-state index is 0.0567.